The van der Waals surface area contributed by atoms with Gasteiger partial charge in [-0.25, -0.2) is 0 Å². The molecule has 0 fully saturated rings. The fraction of sp³-hybridized carbons (Fsp3) is 0. The zero-order chi connectivity index (χ0) is 12.5. The predicted octanol–water partition coefficient (Wildman–Crippen LogP) is 4.09. The molecule has 0 aliphatic heterocycles. The number of hydrogen-bond acceptors (Lipinski definition) is 2. The highest BCUT2D eigenvalue weighted by Crippen LogP contribution is 2.31. The van der Waals surface area contributed by atoms with Crippen LogP contribution in [0.15, 0.2) is 54.5 Å². The normalized spacial score (nSPS) is 11.1. The van der Waals surface area contributed by atoms with Gasteiger partial charge in [0.15, 0.2) is 0 Å². The fourth-order valence-corrected chi connectivity index (χ4v) is 2.96. The summed E-state index contributed by atoms with van der Waals surface area (Å²) in [6.07, 6.45) is 2.00. The molecule has 0 unspecified atom stereocenters. The van der Waals surface area contributed by atoms with Gasteiger partial charge >= 0.3 is 0 Å². The van der Waals surface area contributed by atoms with Crippen molar-refractivity contribution in [3.05, 3.63) is 64.6 Å². The lowest BCUT2D eigenvalue weighted by atomic mass is 10.2. The lowest BCUT2D eigenvalue weighted by Gasteiger charge is -2.01. The third-order valence-corrected chi connectivity index (χ3v) is 3.89. The standard InChI is InChI=1S/C13H9N2O2P/c16-15(17)11-6-4-10(5-7-11)13-14-8-2-1-3-12(14)9-18-13/h1-9H. The Kier molecular flexibility index (Phi) is 2.58. The van der Waals surface area contributed by atoms with Crippen molar-refractivity contribution in [1.29, 1.82) is 0 Å². The van der Waals surface area contributed by atoms with E-state index < -0.39 is 0 Å². The number of aromatic nitrogens is 1. The number of nitro benzene ring substituents is 1. The van der Waals surface area contributed by atoms with Crippen molar-refractivity contribution < 1.29 is 4.92 Å². The van der Waals surface area contributed by atoms with Gasteiger partial charge in [-0.15, -0.1) is 0 Å². The number of rotatable bonds is 2. The first-order valence-corrected chi connectivity index (χ1v) is 6.39. The maximum atomic E-state index is 10.6. The van der Waals surface area contributed by atoms with E-state index in [1.165, 1.54) is 0 Å². The maximum absolute atomic E-state index is 10.6. The second-order valence-electron chi connectivity index (χ2n) is 3.88. The van der Waals surface area contributed by atoms with Gasteiger partial charge in [-0.1, -0.05) is 6.07 Å². The van der Waals surface area contributed by atoms with Gasteiger partial charge in [0, 0.05) is 23.9 Å². The molecule has 0 aliphatic carbocycles. The van der Waals surface area contributed by atoms with Crippen molar-refractivity contribution >= 4 is 19.4 Å². The number of fused-ring (bicyclic) bond motifs is 1. The summed E-state index contributed by atoms with van der Waals surface area (Å²) in [6.45, 7) is 0. The SMILES string of the molecule is O=[N+]([O-])c1ccc(-c2pcc3ccccn23)cc1. The molecule has 0 aliphatic rings. The molecule has 2 aromatic heterocycles. The van der Waals surface area contributed by atoms with Gasteiger partial charge in [-0.3, -0.25) is 10.1 Å². The summed E-state index contributed by atoms with van der Waals surface area (Å²) in [5.74, 6) is 2.12. The van der Waals surface area contributed by atoms with Crippen LogP contribution in [-0.4, -0.2) is 9.32 Å². The van der Waals surface area contributed by atoms with Crippen LogP contribution in [-0.2, 0) is 0 Å². The highest BCUT2D eigenvalue weighted by Gasteiger charge is 2.08. The molecular formula is C13H9N2O2P. The molecule has 5 heteroatoms. The van der Waals surface area contributed by atoms with Crippen LogP contribution in [0.1, 0.15) is 0 Å². The Morgan fingerprint density at radius 1 is 1.11 bits per heavy atom. The Labute approximate surface area is 105 Å². The third-order valence-electron chi connectivity index (χ3n) is 2.78. The molecule has 0 N–H and O–H groups in total. The van der Waals surface area contributed by atoms with Gasteiger partial charge in [0.1, 0.15) is 0 Å². The van der Waals surface area contributed by atoms with E-state index in [0.29, 0.717) is 0 Å². The quantitative estimate of drug-likeness (QED) is 0.512. The Morgan fingerprint density at radius 2 is 1.89 bits per heavy atom. The van der Waals surface area contributed by atoms with Gasteiger partial charge in [0.25, 0.3) is 5.69 Å². The Morgan fingerprint density at radius 3 is 2.61 bits per heavy atom. The second kappa shape index (κ2) is 4.24. The second-order valence-corrected chi connectivity index (χ2v) is 4.82. The molecule has 2 heterocycles. The Bertz CT molecular complexity index is 719. The van der Waals surface area contributed by atoms with E-state index in [2.05, 4.69) is 10.2 Å². The van der Waals surface area contributed by atoms with Crippen molar-refractivity contribution in [2.75, 3.05) is 0 Å². The van der Waals surface area contributed by atoms with Crippen LogP contribution >= 0.6 is 8.19 Å². The Balaban J connectivity index is 2.12. The molecule has 0 saturated carbocycles. The minimum Gasteiger partial charge on any atom is -0.312 e. The summed E-state index contributed by atoms with van der Waals surface area (Å²) >= 11 is 0. The molecule has 0 atom stereocenters. The molecule has 0 bridgehead atoms. The molecule has 18 heavy (non-hydrogen) atoms. The lowest BCUT2D eigenvalue weighted by molar-refractivity contribution is -0.384. The molecule has 3 aromatic rings. The summed E-state index contributed by atoms with van der Waals surface area (Å²) in [5, 5.41) is 10.6. The van der Waals surface area contributed by atoms with Gasteiger partial charge in [-0.05, 0) is 38.3 Å². The van der Waals surface area contributed by atoms with E-state index >= 15 is 0 Å². The van der Waals surface area contributed by atoms with Gasteiger partial charge in [0.2, 0.25) is 0 Å². The van der Waals surface area contributed by atoms with E-state index in [0.717, 1.165) is 24.7 Å². The summed E-state index contributed by atoms with van der Waals surface area (Å²) in [5.41, 5.74) is 3.40. The van der Waals surface area contributed by atoms with Gasteiger partial charge < -0.3 is 4.40 Å². The average Bonchev–Trinajstić information content (AvgIpc) is 2.82. The Hall–Kier alpha value is -2.19. The first kappa shape index (κ1) is 10.9. The summed E-state index contributed by atoms with van der Waals surface area (Å²) in [7, 11) is 1.11. The molecule has 4 nitrogen and oxygen atoms in total. The van der Waals surface area contributed by atoms with Crippen molar-refractivity contribution in [2.45, 2.75) is 0 Å². The first-order valence-electron chi connectivity index (χ1n) is 5.42. The minimum atomic E-state index is -0.381. The molecule has 0 radical (unpaired) electrons. The van der Waals surface area contributed by atoms with Gasteiger partial charge in [-0.2, -0.15) is 0 Å². The predicted molar refractivity (Wildman–Crippen MR) is 72.0 cm³/mol. The number of nitro groups is 1. The largest absolute Gasteiger partial charge is 0.312 e. The van der Waals surface area contributed by atoms with E-state index in [1.54, 1.807) is 24.3 Å². The van der Waals surface area contributed by atoms with Crippen LogP contribution < -0.4 is 0 Å². The molecule has 0 amide bonds. The topological polar surface area (TPSA) is 47.5 Å². The van der Waals surface area contributed by atoms with Crippen LogP contribution in [0.3, 0.4) is 0 Å². The van der Waals surface area contributed by atoms with Crippen LogP contribution in [0.5, 0.6) is 0 Å². The molecule has 0 spiro atoms. The van der Waals surface area contributed by atoms with E-state index in [1.807, 2.05) is 24.4 Å². The van der Waals surface area contributed by atoms with Crippen LogP contribution in [0, 0.1) is 10.1 Å². The van der Waals surface area contributed by atoms with Crippen LogP contribution in [0.4, 0.5) is 5.69 Å². The van der Waals surface area contributed by atoms with Crippen molar-refractivity contribution in [1.82, 2.24) is 4.40 Å². The number of nitrogens with zero attached hydrogens (tertiary/aromatic N) is 2. The smallest absolute Gasteiger partial charge is 0.269 e. The van der Waals surface area contributed by atoms with Crippen LogP contribution in [0.2, 0.25) is 0 Å². The van der Waals surface area contributed by atoms with Crippen molar-refractivity contribution in [2.24, 2.45) is 0 Å². The maximum Gasteiger partial charge on any atom is 0.269 e. The van der Waals surface area contributed by atoms with E-state index in [4.69, 9.17) is 0 Å². The van der Waals surface area contributed by atoms with E-state index in [9.17, 15) is 10.1 Å². The van der Waals surface area contributed by atoms with Crippen LogP contribution in [0.25, 0.3) is 16.5 Å². The highest BCUT2D eigenvalue weighted by molar-refractivity contribution is 7.33. The zero-order valence-corrected chi connectivity index (χ0v) is 10.2. The lowest BCUT2D eigenvalue weighted by Crippen LogP contribution is -1.88. The number of hydrogen-bond donors (Lipinski definition) is 0. The van der Waals surface area contributed by atoms with Crippen molar-refractivity contribution in [3.8, 4) is 11.0 Å². The molecule has 0 saturated heterocycles. The molecule has 88 valence electrons. The third kappa shape index (κ3) is 1.77. The molecular weight excluding hydrogens is 247 g/mol. The summed E-state index contributed by atoms with van der Waals surface area (Å²) in [6, 6.07) is 12.7. The number of benzene rings is 1. The fourth-order valence-electron chi connectivity index (χ4n) is 1.89. The van der Waals surface area contributed by atoms with Crippen molar-refractivity contribution in [3.63, 3.8) is 0 Å². The summed E-state index contributed by atoms with van der Waals surface area (Å²) < 4.78 is 2.10. The highest BCUT2D eigenvalue weighted by atomic mass is 31.0. The van der Waals surface area contributed by atoms with E-state index in [-0.39, 0.29) is 10.6 Å². The summed E-state index contributed by atoms with van der Waals surface area (Å²) in [4.78, 5) is 10.2. The zero-order valence-electron chi connectivity index (χ0n) is 9.35. The molecule has 3 rings (SSSR count). The van der Waals surface area contributed by atoms with Gasteiger partial charge in [0.05, 0.1) is 15.9 Å². The number of non-ortho nitro benzene ring substituents is 1. The number of pyridine rings is 1. The average molecular weight is 256 g/mol. The molecule has 1 aromatic carbocycles. The first-order chi connectivity index (χ1) is 8.75. The monoisotopic (exact) mass is 256 g/mol. The minimum absolute atomic E-state index is 0.122.